The first-order valence-electron chi connectivity index (χ1n) is 10.0. The fourth-order valence-corrected chi connectivity index (χ4v) is 4.64. The highest BCUT2D eigenvalue weighted by Crippen LogP contribution is 2.34. The molecule has 0 aliphatic carbocycles. The lowest BCUT2D eigenvalue weighted by Crippen LogP contribution is -2.36. The molecule has 8 nitrogen and oxygen atoms in total. The Hall–Kier alpha value is -3.43. The number of imide groups is 1. The summed E-state index contributed by atoms with van der Waals surface area (Å²) in [5.74, 6) is -0.643. The van der Waals surface area contributed by atoms with Crippen LogP contribution in [0.4, 0.5) is 5.69 Å². The van der Waals surface area contributed by atoms with E-state index in [2.05, 4.69) is 9.71 Å². The molecule has 0 radical (unpaired) electrons. The Bertz CT molecular complexity index is 1370. The van der Waals surface area contributed by atoms with Gasteiger partial charge in [0.2, 0.25) is 5.88 Å². The second-order valence-corrected chi connectivity index (χ2v) is 9.87. The van der Waals surface area contributed by atoms with Gasteiger partial charge in [0, 0.05) is 22.8 Å². The molecule has 10 heteroatoms. The van der Waals surface area contributed by atoms with Gasteiger partial charge in [0.1, 0.15) is 11.3 Å². The van der Waals surface area contributed by atoms with Crippen molar-refractivity contribution in [3.05, 3.63) is 76.4 Å². The number of aryl methyl sites for hydroxylation is 1. The molecule has 1 aromatic heterocycles. The van der Waals surface area contributed by atoms with Crippen LogP contribution in [-0.2, 0) is 10.0 Å². The van der Waals surface area contributed by atoms with Gasteiger partial charge in [-0.2, -0.15) is 0 Å². The summed E-state index contributed by atoms with van der Waals surface area (Å²) in [6.07, 6.45) is 0. The van der Waals surface area contributed by atoms with Crippen LogP contribution in [0.1, 0.15) is 40.3 Å². The van der Waals surface area contributed by atoms with Crippen molar-refractivity contribution < 1.29 is 22.7 Å². The number of nitrogens with one attached hydrogen (secondary N) is 1. The Morgan fingerprint density at radius 2 is 1.73 bits per heavy atom. The maximum atomic E-state index is 12.9. The van der Waals surface area contributed by atoms with Crippen LogP contribution in [0.3, 0.4) is 0 Å². The summed E-state index contributed by atoms with van der Waals surface area (Å²) in [6.45, 7) is 5.19. The molecule has 0 spiro atoms. The predicted molar refractivity (Wildman–Crippen MR) is 123 cm³/mol. The summed E-state index contributed by atoms with van der Waals surface area (Å²) < 4.78 is 33.7. The van der Waals surface area contributed by atoms with Gasteiger partial charge in [-0.3, -0.25) is 19.2 Å². The number of pyridine rings is 1. The summed E-state index contributed by atoms with van der Waals surface area (Å²) in [5, 5.41) is 0.423. The average molecular weight is 486 g/mol. The fraction of sp³-hybridized carbons (Fsp3) is 0.174. The number of amides is 2. The number of aromatic nitrogens is 1. The molecular weight excluding hydrogens is 466 g/mol. The predicted octanol–water partition coefficient (Wildman–Crippen LogP) is 4.64. The third-order valence-corrected chi connectivity index (χ3v) is 6.59. The second-order valence-electron chi connectivity index (χ2n) is 7.75. The zero-order valence-electron chi connectivity index (χ0n) is 18.0. The monoisotopic (exact) mass is 485 g/mol. The second kappa shape index (κ2) is 8.49. The molecule has 170 valence electrons. The van der Waals surface area contributed by atoms with E-state index in [0.717, 1.165) is 4.90 Å². The highest BCUT2D eigenvalue weighted by molar-refractivity contribution is 7.92. The number of ether oxygens (including phenoxy) is 1. The zero-order chi connectivity index (χ0) is 23.9. The molecule has 33 heavy (non-hydrogen) atoms. The van der Waals surface area contributed by atoms with Gasteiger partial charge >= 0.3 is 0 Å². The number of hydrogen-bond donors (Lipinski definition) is 1. The number of nitrogens with zero attached hydrogens (tertiary/aromatic N) is 2. The molecule has 0 unspecified atom stereocenters. The van der Waals surface area contributed by atoms with Crippen molar-refractivity contribution in [3.8, 4) is 11.6 Å². The zero-order valence-corrected chi connectivity index (χ0v) is 19.6. The van der Waals surface area contributed by atoms with Gasteiger partial charge in [-0.05, 0) is 63.2 Å². The maximum absolute atomic E-state index is 12.9. The Balaban J connectivity index is 1.64. The van der Waals surface area contributed by atoms with Gasteiger partial charge in [0.25, 0.3) is 21.8 Å². The lowest BCUT2D eigenvalue weighted by molar-refractivity contribution is 0.0608. The maximum Gasteiger partial charge on any atom is 0.267 e. The number of hydrogen-bond acceptors (Lipinski definition) is 6. The fourth-order valence-electron chi connectivity index (χ4n) is 3.47. The third-order valence-electron chi connectivity index (χ3n) is 4.94. The van der Waals surface area contributed by atoms with Crippen LogP contribution in [-0.4, -0.2) is 36.2 Å². The topological polar surface area (TPSA) is 106 Å². The lowest BCUT2D eigenvalue weighted by Gasteiger charge is -2.17. The van der Waals surface area contributed by atoms with E-state index in [9.17, 15) is 18.0 Å². The van der Waals surface area contributed by atoms with Gasteiger partial charge in [-0.25, -0.2) is 13.4 Å². The van der Waals surface area contributed by atoms with Crippen LogP contribution >= 0.6 is 11.6 Å². The Labute approximate surface area is 196 Å². The Morgan fingerprint density at radius 1 is 1.03 bits per heavy atom. The molecule has 1 aliphatic heterocycles. The van der Waals surface area contributed by atoms with Gasteiger partial charge in [-0.15, -0.1) is 0 Å². The van der Waals surface area contributed by atoms with Crippen molar-refractivity contribution in [2.24, 2.45) is 0 Å². The van der Waals surface area contributed by atoms with Gasteiger partial charge < -0.3 is 4.74 Å². The molecule has 0 saturated heterocycles. The standard InChI is InChI=1S/C23H20ClN3O5S/c1-13(2)27-22(28)19-11-14(3)25-21(20(19)23(27)29)32-17-6-4-5-16(12-17)26-33(30,31)18-9-7-15(24)8-10-18/h4-13,26H,1-3H3. The van der Waals surface area contributed by atoms with Crippen LogP contribution in [0.5, 0.6) is 11.6 Å². The van der Waals surface area contributed by atoms with Crippen LogP contribution in [0.2, 0.25) is 5.02 Å². The van der Waals surface area contributed by atoms with Gasteiger partial charge in [0.05, 0.1) is 16.1 Å². The molecule has 0 fully saturated rings. The summed E-state index contributed by atoms with van der Waals surface area (Å²) in [7, 11) is -3.85. The van der Waals surface area contributed by atoms with E-state index in [4.69, 9.17) is 16.3 Å². The van der Waals surface area contributed by atoms with E-state index in [1.807, 2.05) is 0 Å². The molecule has 2 heterocycles. The number of carbonyl (C=O) groups excluding carboxylic acids is 2. The van der Waals surface area contributed by atoms with E-state index < -0.39 is 21.8 Å². The number of halogens is 1. The molecular formula is C23H20ClN3O5S. The van der Waals surface area contributed by atoms with Crippen LogP contribution in [0.15, 0.2) is 59.5 Å². The third kappa shape index (κ3) is 4.42. The first-order valence-corrected chi connectivity index (χ1v) is 11.9. The molecule has 1 aliphatic rings. The largest absolute Gasteiger partial charge is 0.438 e. The first kappa shape index (κ1) is 22.8. The number of benzene rings is 2. The van der Waals surface area contributed by atoms with Crippen molar-refractivity contribution in [2.45, 2.75) is 31.7 Å². The molecule has 2 aromatic carbocycles. The number of sulfonamides is 1. The van der Waals surface area contributed by atoms with Gasteiger partial charge in [0.15, 0.2) is 0 Å². The SMILES string of the molecule is Cc1cc2c(c(Oc3cccc(NS(=O)(=O)c4ccc(Cl)cc4)c3)n1)C(=O)N(C(C)C)C2=O. The minimum atomic E-state index is -3.85. The molecule has 3 aromatic rings. The van der Waals surface area contributed by atoms with Crippen molar-refractivity contribution in [1.29, 1.82) is 0 Å². The number of rotatable bonds is 6. The van der Waals surface area contributed by atoms with E-state index in [1.165, 1.54) is 30.3 Å². The minimum Gasteiger partial charge on any atom is -0.438 e. The van der Waals surface area contributed by atoms with E-state index in [0.29, 0.717) is 10.7 Å². The van der Waals surface area contributed by atoms with Crippen LogP contribution in [0.25, 0.3) is 0 Å². The molecule has 2 amide bonds. The molecule has 0 bridgehead atoms. The van der Waals surface area contributed by atoms with Crippen molar-refractivity contribution in [2.75, 3.05) is 4.72 Å². The highest BCUT2D eigenvalue weighted by atomic mass is 35.5. The quantitative estimate of drug-likeness (QED) is 0.510. The van der Waals surface area contributed by atoms with Crippen LogP contribution < -0.4 is 9.46 Å². The molecule has 4 rings (SSSR count). The van der Waals surface area contributed by atoms with E-state index in [-0.39, 0.29) is 39.4 Å². The van der Waals surface area contributed by atoms with Crippen molar-refractivity contribution in [1.82, 2.24) is 9.88 Å². The molecule has 1 N–H and O–H groups in total. The number of anilines is 1. The van der Waals surface area contributed by atoms with Crippen molar-refractivity contribution >= 4 is 39.1 Å². The summed E-state index contributed by atoms with van der Waals surface area (Å²) >= 11 is 5.83. The van der Waals surface area contributed by atoms with E-state index in [1.54, 1.807) is 45.0 Å². The molecule has 0 atom stereocenters. The Morgan fingerprint density at radius 3 is 2.39 bits per heavy atom. The number of fused-ring (bicyclic) bond motifs is 1. The summed E-state index contributed by atoms with van der Waals surface area (Å²) in [5.41, 5.74) is 1.08. The van der Waals surface area contributed by atoms with Gasteiger partial charge in [-0.1, -0.05) is 17.7 Å². The molecule has 0 saturated carbocycles. The number of carbonyl (C=O) groups is 2. The average Bonchev–Trinajstić information content (AvgIpc) is 2.98. The van der Waals surface area contributed by atoms with Crippen LogP contribution in [0, 0.1) is 6.92 Å². The van der Waals surface area contributed by atoms with E-state index >= 15 is 0 Å². The highest BCUT2D eigenvalue weighted by Gasteiger charge is 2.40. The summed E-state index contributed by atoms with van der Waals surface area (Å²) in [4.78, 5) is 31.1. The lowest BCUT2D eigenvalue weighted by atomic mass is 10.1. The Kier molecular flexibility index (Phi) is 5.85. The van der Waals surface area contributed by atoms with Crippen molar-refractivity contribution in [3.63, 3.8) is 0 Å². The first-order chi connectivity index (χ1) is 15.6. The smallest absolute Gasteiger partial charge is 0.267 e. The normalized spacial score (nSPS) is 13.4. The summed E-state index contributed by atoms with van der Waals surface area (Å²) in [6, 6.07) is 13.2. The minimum absolute atomic E-state index is 0.00999.